The van der Waals surface area contributed by atoms with Gasteiger partial charge in [-0.1, -0.05) is 23.8 Å². The molecule has 0 amide bonds. The normalized spacial score (nSPS) is 28.5. The Hall–Kier alpha value is -3.41. The fourth-order valence-corrected chi connectivity index (χ4v) is 5.68. The Kier molecular flexibility index (Phi) is 8.96. The van der Waals surface area contributed by atoms with Gasteiger partial charge in [0.15, 0.2) is 11.5 Å². The predicted octanol–water partition coefficient (Wildman–Crippen LogP) is 2.49. The average molecular weight is 568 g/mol. The van der Waals surface area contributed by atoms with Gasteiger partial charge in [-0.3, -0.25) is 4.90 Å². The van der Waals surface area contributed by atoms with Gasteiger partial charge in [-0.05, 0) is 79.8 Å². The van der Waals surface area contributed by atoms with Crippen LogP contribution in [0.3, 0.4) is 0 Å². The fraction of sp³-hybridized carbons (Fsp3) is 0.452. The highest BCUT2D eigenvalue weighted by molar-refractivity contribution is 5.87. The fourth-order valence-electron chi connectivity index (χ4n) is 5.68. The average Bonchev–Trinajstić information content (AvgIpc) is 3.43. The van der Waals surface area contributed by atoms with Crippen LogP contribution in [-0.2, 0) is 14.3 Å². The number of phenolic OH excluding ortho intramolecular Hbond substituents is 1. The zero-order chi connectivity index (χ0) is 29.1. The van der Waals surface area contributed by atoms with Crippen molar-refractivity contribution in [3.63, 3.8) is 0 Å². The summed E-state index contributed by atoms with van der Waals surface area (Å²) < 4.78 is 21.8. The molecule has 6 atom stereocenters. The summed E-state index contributed by atoms with van der Waals surface area (Å²) in [6.07, 6.45) is -0.764. The summed E-state index contributed by atoms with van der Waals surface area (Å²) >= 11 is 0. The highest BCUT2D eigenvalue weighted by Gasteiger charge is 2.45. The minimum atomic E-state index is -1.57. The molecule has 220 valence electrons. The third-order valence-corrected chi connectivity index (χ3v) is 8.05. The molecule has 0 aromatic heterocycles. The smallest absolute Gasteiger partial charge is 0.330 e. The number of methoxy groups -OCH3 is 1. The number of carbonyl (C=O) groups is 1. The van der Waals surface area contributed by atoms with Crippen molar-refractivity contribution >= 4 is 17.6 Å². The minimum Gasteiger partial charge on any atom is -0.504 e. The molecule has 2 aromatic carbocycles. The van der Waals surface area contributed by atoms with Crippen LogP contribution in [0.1, 0.15) is 37.3 Å². The Bertz CT molecular complexity index is 1290. The molecule has 0 aliphatic carbocycles. The highest BCUT2D eigenvalue weighted by Crippen LogP contribution is 2.35. The van der Waals surface area contributed by atoms with E-state index in [0.717, 1.165) is 25.1 Å². The van der Waals surface area contributed by atoms with Crippen molar-refractivity contribution in [1.29, 1.82) is 0 Å². The Labute approximate surface area is 239 Å². The molecule has 41 heavy (non-hydrogen) atoms. The molecule has 6 unspecified atom stereocenters. The summed E-state index contributed by atoms with van der Waals surface area (Å²) in [7, 11) is 1.42. The number of fused-ring (bicyclic) bond motifs is 1. The number of aliphatic hydroxyl groups excluding tert-OH is 3. The Balaban J connectivity index is 1.18. The van der Waals surface area contributed by atoms with E-state index >= 15 is 0 Å². The quantitative estimate of drug-likeness (QED) is 0.278. The van der Waals surface area contributed by atoms with Gasteiger partial charge in [-0.15, -0.1) is 0 Å². The molecular formula is C31H37NO9. The van der Waals surface area contributed by atoms with Crippen molar-refractivity contribution < 1.29 is 44.2 Å². The topological polar surface area (TPSA) is 138 Å². The molecule has 2 fully saturated rings. The number of benzene rings is 2. The lowest BCUT2D eigenvalue weighted by molar-refractivity contribution is -0.278. The number of aliphatic hydroxyl groups is 3. The maximum Gasteiger partial charge on any atom is 0.330 e. The zero-order valence-electron chi connectivity index (χ0n) is 23.2. The van der Waals surface area contributed by atoms with Crippen LogP contribution >= 0.6 is 0 Å². The summed E-state index contributed by atoms with van der Waals surface area (Å²) in [5.41, 5.74) is 4.44. The molecular weight excluding hydrogens is 530 g/mol. The number of aromatic hydroxyl groups is 1. The Morgan fingerprint density at radius 3 is 2.63 bits per heavy atom. The lowest BCUT2D eigenvalue weighted by atomic mass is 9.91. The van der Waals surface area contributed by atoms with Crippen molar-refractivity contribution in [3.05, 3.63) is 65.2 Å². The second-order valence-corrected chi connectivity index (χ2v) is 10.8. The van der Waals surface area contributed by atoms with E-state index in [9.17, 15) is 25.2 Å². The minimum absolute atomic E-state index is 0.0268. The summed E-state index contributed by atoms with van der Waals surface area (Å²) in [5.74, 6) is -0.0542. The molecule has 4 N–H and O–H groups in total. The Morgan fingerprint density at radius 1 is 1.10 bits per heavy atom. The van der Waals surface area contributed by atoms with E-state index in [4.69, 9.17) is 18.9 Å². The van der Waals surface area contributed by atoms with Gasteiger partial charge in [0.1, 0.15) is 36.8 Å². The van der Waals surface area contributed by atoms with Crippen LogP contribution in [0.15, 0.2) is 54.1 Å². The van der Waals surface area contributed by atoms with Crippen molar-refractivity contribution in [2.24, 2.45) is 0 Å². The molecule has 0 saturated carbocycles. The van der Waals surface area contributed by atoms with E-state index in [1.807, 2.05) is 12.1 Å². The predicted molar refractivity (Wildman–Crippen MR) is 150 cm³/mol. The van der Waals surface area contributed by atoms with E-state index in [1.54, 1.807) is 24.3 Å². The highest BCUT2D eigenvalue weighted by atomic mass is 16.7. The molecule has 10 nitrogen and oxygen atoms in total. The number of ether oxygens (including phenoxy) is 4. The SMILES string of the molecule is COc1cc(/C=C/C(=O)OCC2OC(Oc3ccc(C4=C(C)CC5CCCN5C4)cc3)C(O)C(O)C2O)ccc1O. The van der Waals surface area contributed by atoms with E-state index in [0.29, 0.717) is 17.4 Å². The van der Waals surface area contributed by atoms with Crippen LogP contribution in [-0.4, -0.2) is 94.8 Å². The molecule has 3 aliphatic heterocycles. The van der Waals surface area contributed by atoms with Crippen molar-refractivity contribution in [3.8, 4) is 17.2 Å². The first-order valence-corrected chi connectivity index (χ1v) is 13.8. The third-order valence-electron chi connectivity index (χ3n) is 8.05. The van der Waals surface area contributed by atoms with E-state index in [2.05, 4.69) is 11.8 Å². The van der Waals surface area contributed by atoms with Gasteiger partial charge in [0.25, 0.3) is 0 Å². The first-order valence-electron chi connectivity index (χ1n) is 13.8. The van der Waals surface area contributed by atoms with Crippen molar-refractivity contribution in [2.75, 3.05) is 26.8 Å². The van der Waals surface area contributed by atoms with Gasteiger partial charge in [-0.25, -0.2) is 4.79 Å². The molecule has 5 rings (SSSR count). The van der Waals surface area contributed by atoms with Gasteiger partial charge in [-0.2, -0.15) is 0 Å². The second-order valence-electron chi connectivity index (χ2n) is 10.8. The number of esters is 1. The number of hydrogen-bond donors (Lipinski definition) is 4. The molecule has 0 radical (unpaired) electrons. The number of rotatable bonds is 8. The first kappa shape index (κ1) is 29.1. The van der Waals surface area contributed by atoms with Crippen molar-refractivity contribution in [1.82, 2.24) is 4.90 Å². The summed E-state index contributed by atoms with van der Waals surface area (Å²) in [4.78, 5) is 14.8. The van der Waals surface area contributed by atoms with E-state index < -0.39 is 36.7 Å². The first-order chi connectivity index (χ1) is 19.7. The van der Waals surface area contributed by atoms with Gasteiger partial charge in [0, 0.05) is 18.7 Å². The summed E-state index contributed by atoms with van der Waals surface area (Å²) in [6.45, 7) is 3.89. The van der Waals surface area contributed by atoms with Crippen LogP contribution in [0.5, 0.6) is 17.2 Å². The van der Waals surface area contributed by atoms with E-state index in [1.165, 1.54) is 49.3 Å². The largest absolute Gasteiger partial charge is 0.504 e. The molecule has 10 heteroatoms. The maximum absolute atomic E-state index is 12.3. The van der Waals surface area contributed by atoms with Crippen molar-refractivity contribution in [2.45, 2.75) is 62.9 Å². The van der Waals surface area contributed by atoms with E-state index in [-0.39, 0.29) is 18.1 Å². The number of carbonyl (C=O) groups excluding carboxylic acids is 1. The molecule has 0 spiro atoms. The van der Waals surface area contributed by atoms with Gasteiger partial charge in [0.2, 0.25) is 6.29 Å². The lowest BCUT2D eigenvalue weighted by Gasteiger charge is -2.39. The van der Waals surface area contributed by atoms with Gasteiger partial charge >= 0.3 is 5.97 Å². The third kappa shape index (κ3) is 6.58. The van der Waals surface area contributed by atoms with Crippen LogP contribution in [0, 0.1) is 0 Å². The van der Waals surface area contributed by atoms with Crippen LogP contribution < -0.4 is 9.47 Å². The second kappa shape index (κ2) is 12.6. The van der Waals surface area contributed by atoms with Crippen LogP contribution in [0.4, 0.5) is 0 Å². The lowest BCUT2D eigenvalue weighted by Crippen LogP contribution is -2.60. The monoisotopic (exact) mass is 567 g/mol. The van der Waals surface area contributed by atoms with Crippen LogP contribution in [0.2, 0.25) is 0 Å². The summed E-state index contributed by atoms with van der Waals surface area (Å²) in [6, 6.07) is 12.8. The molecule has 0 bridgehead atoms. The van der Waals surface area contributed by atoms with Crippen LogP contribution in [0.25, 0.3) is 11.6 Å². The molecule has 2 saturated heterocycles. The number of hydrogen-bond acceptors (Lipinski definition) is 10. The maximum atomic E-state index is 12.3. The molecule has 2 aromatic rings. The number of nitrogens with zero attached hydrogens (tertiary/aromatic N) is 1. The van der Waals surface area contributed by atoms with Gasteiger partial charge < -0.3 is 39.4 Å². The standard InChI is InChI=1S/C31H37NO9/c1-18-14-21-4-3-13-32(21)16-23(18)20-7-9-22(10-8-20)40-31-30(37)29(36)28(35)26(41-31)17-39-27(34)12-6-19-5-11-24(33)25(15-19)38-2/h5-12,15,21,26,28-31,33,35-37H,3-4,13-14,16-17H2,1-2H3/b12-6+. The van der Waals surface area contributed by atoms with Gasteiger partial charge in [0.05, 0.1) is 7.11 Å². The number of phenols is 1. The Morgan fingerprint density at radius 2 is 1.88 bits per heavy atom. The summed E-state index contributed by atoms with van der Waals surface area (Å²) in [5, 5.41) is 41.0. The zero-order valence-corrected chi connectivity index (χ0v) is 23.2. The molecule has 3 aliphatic rings. The molecule has 3 heterocycles.